The number of benzene rings is 1. The van der Waals surface area contributed by atoms with Crippen molar-refractivity contribution in [3.63, 3.8) is 0 Å². The van der Waals surface area contributed by atoms with Crippen LogP contribution in [0.1, 0.15) is 6.42 Å². The molecule has 1 aromatic carbocycles. The molecule has 2 rings (SSSR count). The molecule has 1 aliphatic heterocycles. The first-order valence-corrected chi connectivity index (χ1v) is 7.02. The first kappa shape index (κ1) is 19.7. The van der Waals surface area contributed by atoms with Gasteiger partial charge < -0.3 is 15.5 Å². The average molecular weight is 385 g/mol. The molecule has 0 bridgehead atoms. The van der Waals surface area contributed by atoms with Gasteiger partial charge in [-0.15, -0.1) is 24.8 Å². The Morgan fingerprint density at radius 1 is 1.30 bits per heavy atom. The number of amides is 1. The quantitative estimate of drug-likeness (QED) is 0.838. The van der Waals surface area contributed by atoms with E-state index in [1.54, 1.807) is 0 Å². The molecule has 2 N–H and O–H groups in total. The van der Waals surface area contributed by atoms with Crippen molar-refractivity contribution in [1.29, 1.82) is 0 Å². The normalized spacial score (nSPS) is 14.8. The minimum atomic E-state index is 0. The van der Waals surface area contributed by atoms with Gasteiger partial charge in [-0.3, -0.25) is 4.79 Å². The molecule has 0 atom stereocenters. The number of halogens is 3. The molecule has 0 unspecified atom stereocenters. The minimum Gasteiger partial charge on any atom is -0.326 e. The molecule has 1 aliphatic rings. The molecular weight excluding hydrogens is 365 g/mol. The SMILES string of the molecule is Cl.Cl.O=C(CCN1CCNCC1)Nc1cccc(Br)c1. The van der Waals surface area contributed by atoms with Gasteiger partial charge in [-0.05, 0) is 18.2 Å². The van der Waals surface area contributed by atoms with Crippen molar-refractivity contribution in [2.45, 2.75) is 6.42 Å². The van der Waals surface area contributed by atoms with Gasteiger partial charge in [-0.2, -0.15) is 0 Å². The summed E-state index contributed by atoms with van der Waals surface area (Å²) in [5.74, 6) is 0.0756. The van der Waals surface area contributed by atoms with Crippen molar-refractivity contribution in [2.24, 2.45) is 0 Å². The average Bonchev–Trinajstić information content (AvgIpc) is 2.38. The summed E-state index contributed by atoms with van der Waals surface area (Å²) in [6, 6.07) is 7.66. The molecule has 0 spiro atoms. The first-order valence-electron chi connectivity index (χ1n) is 6.22. The van der Waals surface area contributed by atoms with E-state index >= 15 is 0 Å². The molecule has 114 valence electrons. The summed E-state index contributed by atoms with van der Waals surface area (Å²) in [7, 11) is 0. The van der Waals surface area contributed by atoms with Crippen LogP contribution in [0.25, 0.3) is 0 Å². The number of anilines is 1. The highest BCUT2D eigenvalue weighted by molar-refractivity contribution is 9.10. The highest BCUT2D eigenvalue weighted by Crippen LogP contribution is 2.15. The van der Waals surface area contributed by atoms with Gasteiger partial charge in [-0.1, -0.05) is 22.0 Å². The summed E-state index contributed by atoms with van der Waals surface area (Å²) >= 11 is 3.39. The van der Waals surface area contributed by atoms with Crippen LogP contribution in [0.3, 0.4) is 0 Å². The third kappa shape index (κ3) is 6.90. The van der Waals surface area contributed by atoms with Crippen molar-refractivity contribution in [3.8, 4) is 0 Å². The number of rotatable bonds is 4. The zero-order valence-corrected chi connectivity index (χ0v) is 14.3. The maximum atomic E-state index is 11.8. The van der Waals surface area contributed by atoms with E-state index in [2.05, 4.69) is 31.5 Å². The summed E-state index contributed by atoms with van der Waals surface area (Å²) in [5.41, 5.74) is 0.842. The predicted octanol–water partition coefficient (Wildman–Crippen LogP) is 2.53. The van der Waals surface area contributed by atoms with E-state index in [-0.39, 0.29) is 30.7 Å². The van der Waals surface area contributed by atoms with Crippen molar-refractivity contribution in [1.82, 2.24) is 10.2 Å². The Kier molecular flexibility index (Phi) is 10.2. The molecule has 0 radical (unpaired) electrons. The number of carbonyl (C=O) groups is 1. The van der Waals surface area contributed by atoms with Crippen LogP contribution in [0.2, 0.25) is 0 Å². The maximum Gasteiger partial charge on any atom is 0.225 e. The van der Waals surface area contributed by atoms with Crippen LogP contribution in [0.4, 0.5) is 5.69 Å². The van der Waals surface area contributed by atoms with Crippen molar-refractivity contribution in [3.05, 3.63) is 28.7 Å². The molecule has 7 heteroatoms. The van der Waals surface area contributed by atoms with E-state index in [0.29, 0.717) is 6.42 Å². The van der Waals surface area contributed by atoms with Crippen LogP contribution in [-0.2, 0) is 4.79 Å². The lowest BCUT2D eigenvalue weighted by Gasteiger charge is -2.26. The highest BCUT2D eigenvalue weighted by Gasteiger charge is 2.11. The van der Waals surface area contributed by atoms with E-state index in [9.17, 15) is 4.79 Å². The maximum absolute atomic E-state index is 11.8. The Hall–Kier alpha value is -0.330. The molecule has 0 aromatic heterocycles. The number of hydrogen-bond acceptors (Lipinski definition) is 3. The molecule has 1 heterocycles. The Morgan fingerprint density at radius 3 is 2.65 bits per heavy atom. The minimum absolute atomic E-state index is 0. The fourth-order valence-corrected chi connectivity index (χ4v) is 2.38. The van der Waals surface area contributed by atoms with Crippen molar-refractivity contribution < 1.29 is 4.79 Å². The van der Waals surface area contributed by atoms with Gasteiger partial charge in [0.25, 0.3) is 0 Å². The number of nitrogens with zero attached hydrogens (tertiary/aromatic N) is 1. The van der Waals surface area contributed by atoms with Gasteiger partial charge in [0.1, 0.15) is 0 Å². The topological polar surface area (TPSA) is 44.4 Å². The van der Waals surface area contributed by atoms with Gasteiger partial charge in [0, 0.05) is 49.3 Å². The lowest BCUT2D eigenvalue weighted by Crippen LogP contribution is -2.44. The van der Waals surface area contributed by atoms with Gasteiger partial charge in [0.2, 0.25) is 5.91 Å². The summed E-state index contributed by atoms with van der Waals surface area (Å²) in [6.45, 7) is 4.94. The predicted molar refractivity (Wildman–Crippen MR) is 91.2 cm³/mol. The van der Waals surface area contributed by atoms with Crippen LogP contribution in [0, 0.1) is 0 Å². The van der Waals surface area contributed by atoms with Gasteiger partial charge >= 0.3 is 0 Å². The van der Waals surface area contributed by atoms with Gasteiger partial charge in [0.05, 0.1) is 0 Å². The van der Waals surface area contributed by atoms with Crippen LogP contribution in [0.5, 0.6) is 0 Å². The lowest BCUT2D eigenvalue weighted by molar-refractivity contribution is -0.116. The summed E-state index contributed by atoms with van der Waals surface area (Å²) in [6.07, 6.45) is 0.548. The first-order chi connectivity index (χ1) is 8.74. The zero-order chi connectivity index (χ0) is 12.8. The van der Waals surface area contributed by atoms with E-state index in [1.807, 2.05) is 24.3 Å². The largest absolute Gasteiger partial charge is 0.326 e. The molecule has 0 aliphatic carbocycles. The fourth-order valence-electron chi connectivity index (χ4n) is 1.98. The third-order valence-electron chi connectivity index (χ3n) is 2.97. The van der Waals surface area contributed by atoms with Crippen LogP contribution < -0.4 is 10.6 Å². The highest BCUT2D eigenvalue weighted by atomic mass is 79.9. The van der Waals surface area contributed by atoms with Crippen LogP contribution in [-0.4, -0.2) is 43.5 Å². The molecule has 1 amide bonds. The van der Waals surface area contributed by atoms with Crippen molar-refractivity contribution in [2.75, 3.05) is 38.0 Å². The van der Waals surface area contributed by atoms with Crippen LogP contribution >= 0.6 is 40.7 Å². The lowest BCUT2D eigenvalue weighted by atomic mass is 10.3. The Morgan fingerprint density at radius 2 is 2.00 bits per heavy atom. The van der Waals surface area contributed by atoms with E-state index in [0.717, 1.165) is 42.9 Å². The van der Waals surface area contributed by atoms with Crippen LogP contribution in [0.15, 0.2) is 28.7 Å². The number of carbonyl (C=O) groups excluding carboxylic acids is 1. The van der Waals surface area contributed by atoms with Gasteiger partial charge in [-0.25, -0.2) is 0 Å². The second kappa shape index (κ2) is 10.4. The zero-order valence-electron chi connectivity index (χ0n) is 11.1. The summed E-state index contributed by atoms with van der Waals surface area (Å²) in [4.78, 5) is 14.1. The van der Waals surface area contributed by atoms with E-state index in [4.69, 9.17) is 0 Å². The smallest absolute Gasteiger partial charge is 0.225 e. The number of hydrogen-bond donors (Lipinski definition) is 2. The molecule has 0 saturated carbocycles. The third-order valence-corrected chi connectivity index (χ3v) is 3.47. The second-order valence-electron chi connectivity index (χ2n) is 4.40. The van der Waals surface area contributed by atoms with E-state index < -0.39 is 0 Å². The monoisotopic (exact) mass is 383 g/mol. The molecule has 1 saturated heterocycles. The molecular formula is C13H20BrCl2N3O. The Labute approximate surface area is 140 Å². The van der Waals surface area contributed by atoms with Crippen molar-refractivity contribution >= 4 is 52.3 Å². The summed E-state index contributed by atoms with van der Waals surface area (Å²) < 4.78 is 0.974. The molecule has 4 nitrogen and oxygen atoms in total. The molecule has 20 heavy (non-hydrogen) atoms. The van der Waals surface area contributed by atoms with E-state index in [1.165, 1.54) is 0 Å². The fraction of sp³-hybridized carbons (Fsp3) is 0.462. The molecule has 1 aromatic rings. The Bertz CT molecular complexity index is 414. The van der Waals surface area contributed by atoms with Gasteiger partial charge in [0.15, 0.2) is 0 Å². The number of piperazine rings is 1. The molecule has 1 fully saturated rings. The number of nitrogens with one attached hydrogen (secondary N) is 2. The Balaban J connectivity index is 0.00000180. The summed E-state index contributed by atoms with van der Waals surface area (Å²) in [5, 5.41) is 6.21. The second-order valence-corrected chi connectivity index (χ2v) is 5.32. The standard InChI is InChI=1S/C13H18BrN3O.2ClH/c14-11-2-1-3-12(10-11)16-13(18)4-7-17-8-5-15-6-9-17;;/h1-3,10,15H,4-9H2,(H,16,18);2*1H.